The van der Waals surface area contributed by atoms with Gasteiger partial charge in [0.1, 0.15) is 0 Å². The first-order valence-electron chi connectivity index (χ1n) is 7.35. The first-order chi connectivity index (χ1) is 9.51. The second-order valence-corrected chi connectivity index (χ2v) is 5.77. The van der Waals surface area contributed by atoms with Crippen LogP contribution in [0.5, 0.6) is 0 Å². The van der Waals surface area contributed by atoms with Crippen molar-refractivity contribution in [2.45, 2.75) is 46.7 Å². The number of hydrogen-bond donors (Lipinski definition) is 0. The Morgan fingerprint density at radius 2 is 2.00 bits per heavy atom. The van der Waals surface area contributed by atoms with Crippen molar-refractivity contribution in [3.8, 4) is 0 Å². The Kier molecular flexibility index (Phi) is 4.75. The van der Waals surface area contributed by atoms with E-state index in [0.29, 0.717) is 24.2 Å². The summed E-state index contributed by atoms with van der Waals surface area (Å²) in [5, 5.41) is 7.98. The number of carbonyl (C=O) groups excluding carboxylic acids is 1. The van der Waals surface area contributed by atoms with E-state index in [-0.39, 0.29) is 11.9 Å². The summed E-state index contributed by atoms with van der Waals surface area (Å²) in [5.74, 6) is 1.94. The summed E-state index contributed by atoms with van der Waals surface area (Å²) in [5.41, 5.74) is 0. The van der Waals surface area contributed by atoms with Crippen LogP contribution >= 0.6 is 0 Å². The van der Waals surface area contributed by atoms with Crippen molar-refractivity contribution in [1.82, 2.24) is 20.0 Å². The summed E-state index contributed by atoms with van der Waals surface area (Å²) in [6, 6.07) is -0.125. The minimum Gasteiger partial charge on any atom is -0.424 e. The van der Waals surface area contributed by atoms with Crippen LogP contribution in [0.3, 0.4) is 0 Å². The molecule has 1 amide bonds. The maximum absolute atomic E-state index is 12.3. The van der Waals surface area contributed by atoms with Gasteiger partial charge in [-0.25, -0.2) is 0 Å². The van der Waals surface area contributed by atoms with Crippen molar-refractivity contribution in [2.24, 2.45) is 5.92 Å². The van der Waals surface area contributed by atoms with Gasteiger partial charge in [0.05, 0.1) is 12.6 Å². The number of hydrogen-bond acceptors (Lipinski definition) is 5. The zero-order valence-corrected chi connectivity index (χ0v) is 12.8. The molecule has 1 aromatic rings. The van der Waals surface area contributed by atoms with Gasteiger partial charge in [0.25, 0.3) is 0 Å². The zero-order chi connectivity index (χ0) is 14.7. The Hall–Kier alpha value is -1.43. The van der Waals surface area contributed by atoms with Crippen LogP contribution in [0, 0.1) is 5.92 Å². The van der Waals surface area contributed by atoms with Gasteiger partial charge in [-0.3, -0.25) is 9.69 Å². The highest BCUT2D eigenvalue weighted by atomic mass is 16.4. The molecule has 0 saturated carbocycles. The molecule has 0 radical (unpaired) electrons. The molecule has 20 heavy (non-hydrogen) atoms. The van der Waals surface area contributed by atoms with Crippen LogP contribution in [0.2, 0.25) is 0 Å². The second kappa shape index (κ2) is 6.35. The van der Waals surface area contributed by atoms with E-state index < -0.39 is 0 Å². The van der Waals surface area contributed by atoms with E-state index in [1.807, 2.05) is 18.7 Å². The fraction of sp³-hybridized carbons (Fsp3) is 0.786. The molecule has 2 rings (SSSR count). The van der Waals surface area contributed by atoms with Crippen molar-refractivity contribution in [1.29, 1.82) is 0 Å². The molecular formula is C14H24N4O2. The third-order valence-electron chi connectivity index (χ3n) is 3.61. The molecule has 0 aliphatic carbocycles. The van der Waals surface area contributed by atoms with Crippen LogP contribution in [-0.4, -0.2) is 51.6 Å². The lowest BCUT2D eigenvalue weighted by Gasteiger charge is -2.39. The van der Waals surface area contributed by atoms with Gasteiger partial charge in [0, 0.05) is 26.1 Å². The topological polar surface area (TPSA) is 62.5 Å². The molecule has 0 N–H and O–H groups in total. The van der Waals surface area contributed by atoms with Crippen molar-refractivity contribution >= 4 is 5.91 Å². The van der Waals surface area contributed by atoms with Gasteiger partial charge in [-0.05, 0) is 12.8 Å². The molecule has 6 heteroatoms. The molecular weight excluding hydrogens is 256 g/mol. The van der Waals surface area contributed by atoms with E-state index in [1.54, 1.807) is 0 Å². The summed E-state index contributed by atoms with van der Waals surface area (Å²) >= 11 is 0. The van der Waals surface area contributed by atoms with Crippen LogP contribution in [0.25, 0.3) is 0 Å². The summed E-state index contributed by atoms with van der Waals surface area (Å²) in [6.07, 6.45) is 0.740. The minimum absolute atomic E-state index is 0.125. The van der Waals surface area contributed by atoms with Crippen LogP contribution in [-0.2, 0) is 17.8 Å². The van der Waals surface area contributed by atoms with Gasteiger partial charge in [-0.2, -0.15) is 0 Å². The summed E-state index contributed by atoms with van der Waals surface area (Å²) in [6.45, 7) is 11.2. The highest BCUT2D eigenvalue weighted by Crippen LogP contribution is 2.16. The summed E-state index contributed by atoms with van der Waals surface area (Å²) < 4.78 is 5.52. The van der Waals surface area contributed by atoms with Crippen molar-refractivity contribution in [3.63, 3.8) is 0 Å². The Morgan fingerprint density at radius 3 is 2.60 bits per heavy atom. The average molecular weight is 280 g/mol. The van der Waals surface area contributed by atoms with E-state index in [0.717, 1.165) is 26.1 Å². The fourth-order valence-electron chi connectivity index (χ4n) is 2.48. The predicted octanol–water partition coefficient (Wildman–Crippen LogP) is 1.32. The van der Waals surface area contributed by atoms with Crippen LogP contribution in [0.15, 0.2) is 4.42 Å². The predicted molar refractivity (Wildman–Crippen MR) is 75.0 cm³/mol. The van der Waals surface area contributed by atoms with Gasteiger partial charge in [0.15, 0.2) is 0 Å². The molecule has 1 fully saturated rings. The maximum Gasteiger partial charge on any atom is 0.239 e. The summed E-state index contributed by atoms with van der Waals surface area (Å²) in [4.78, 5) is 16.4. The highest BCUT2D eigenvalue weighted by Gasteiger charge is 2.32. The average Bonchev–Trinajstić information content (AvgIpc) is 2.86. The molecule has 1 atom stereocenters. The molecule has 0 bridgehead atoms. The van der Waals surface area contributed by atoms with E-state index in [2.05, 4.69) is 28.9 Å². The lowest BCUT2D eigenvalue weighted by Crippen LogP contribution is -2.56. The van der Waals surface area contributed by atoms with Crippen LogP contribution < -0.4 is 0 Å². The number of carbonyl (C=O) groups is 1. The molecule has 1 aliphatic heterocycles. The lowest BCUT2D eigenvalue weighted by atomic mass is 10.1. The zero-order valence-electron chi connectivity index (χ0n) is 12.8. The Balaban J connectivity index is 1.96. The standard InChI is InChI=1S/C14H24N4O2/c1-5-12-15-16-13(20-12)9-17-6-7-18(8-10(2)3)14(19)11(17)4/h10-11H,5-9H2,1-4H3/t11-/m0/s1. The Labute approximate surface area is 120 Å². The quantitative estimate of drug-likeness (QED) is 0.814. The smallest absolute Gasteiger partial charge is 0.239 e. The number of amides is 1. The highest BCUT2D eigenvalue weighted by molar-refractivity contribution is 5.82. The lowest BCUT2D eigenvalue weighted by molar-refractivity contribution is -0.142. The molecule has 112 valence electrons. The van der Waals surface area contributed by atoms with Gasteiger partial charge in [0.2, 0.25) is 17.7 Å². The Morgan fingerprint density at radius 1 is 1.30 bits per heavy atom. The van der Waals surface area contributed by atoms with Gasteiger partial charge < -0.3 is 9.32 Å². The molecule has 0 spiro atoms. The molecule has 2 heterocycles. The van der Waals surface area contributed by atoms with Crippen molar-refractivity contribution in [3.05, 3.63) is 11.8 Å². The fourth-order valence-corrected chi connectivity index (χ4v) is 2.48. The molecule has 6 nitrogen and oxygen atoms in total. The van der Waals surface area contributed by atoms with Crippen molar-refractivity contribution in [2.75, 3.05) is 19.6 Å². The summed E-state index contributed by atoms with van der Waals surface area (Å²) in [7, 11) is 0. The van der Waals surface area contributed by atoms with E-state index in [9.17, 15) is 4.79 Å². The molecule has 0 aromatic carbocycles. The maximum atomic E-state index is 12.3. The van der Waals surface area contributed by atoms with E-state index in [1.165, 1.54) is 0 Å². The van der Waals surface area contributed by atoms with Gasteiger partial charge in [-0.15, -0.1) is 10.2 Å². The van der Waals surface area contributed by atoms with Gasteiger partial charge in [-0.1, -0.05) is 20.8 Å². The van der Waals surface area contributed by atoms with Gasteiger partial charge >= 0.3 is 0 Å². The van der Waals surface area contributed by atoms with Crippen LogP contribution in [0.4, 0.5) is 0 Å². The first-order valence-corrected chi connectivity index (χ1v) is 7.35. The molecule has 1 aliphatic rings. The number of rotatable bonds is 5. The SMILES string of the molecule is CCc1nnc(CN2CCN(CC(C)C)C(=O)[C@@H]2C)o1. The van der Waals surface area contributed by atoms with E-state index in [4.69, 9.17) is 4.42 Å². The first kappa shape index (κ1) is 15.0. The number of nitrogens with zero attached hydrogens (tertiary/aromatic N) is 4. The third-order valence-corrected chi connectivity index (χ3v) is 3.61. The second-order valence-electron chi connectivity index (χ2n) is 5.77. The molecule has 1 aromatic heterocycles. The minimum atomic E-state index is -0.125. The molecule has 1 saturated heterocycles. The van der Waals surface area contributed by atoms with Crippen LogP contribution in [0.1, 0.15) is 39.5 Å². The number of aromatic nitrogens is 2. The molecule has 0 unspecified atom stereocenters. The van der Waals surface area contributed by atoms with Crippen molar-refractivity contribution < 1.29 is 9.21 Å². The van der Waals surface area contributed by atoms with E-state index >= 15 is 0 Å². The largest absolute Gasteiger partial charge is 0.424 e. The normalized spacial score (nSPS) is 20.9. The Bertz CT molecular complexity index is 458. The third kappa shape index (κ3) is 3.36. The number of aryl methyl sites for hydroxylation is 1. The number of piperazine rings is 1. The monoisotopic (exact) mass is 280 g/mol.